The van der Waals surface area contributed by atoms with Crippen LogP contribution in [0.4, 0.5) is 5.69 Å². The van der Waals surface area contributed by atoms with Crippen molar-refractivity contribution in [1.29, 1.82) is 0 Å². The Bertz CT molecular complexity index is 1200. The van der Waals surface area contributed by atoms with Crippen molar-refractivity contribution in [2.45, 2.75) is 19.4 Å². The molecule has 1 aromatic heterocycles. The maximum absolute atomic E-state index is 13.3. The number of hydrogen-bond acceptors (Lipinski definition) is 6. The molecule has 0 saturated carbocycles. The Kier molecular flexibility index (Phi) is 4.63. The molecule has 1 amide bonds. The average molecular weight is 394 g/mol. The first-order chi connectivity index (χ1) is 13.9. The van der Waals surface area contributed by atoms with Crippen molar-refractivity contribution < 1.29 is 19.2 Å². The Labute approximate surface area is 165 Å². The van der Waals surface area contributed by atoms with E-state index < -0.39 is 16.9 Å². The number of nitrogens with zero attached hydrogens (tertiary/aromatic N) is 2. The number of carbonyl (C=O) groups excluding carboxylic acids is 1. The summed E-state index contributed by atoms with van der Waals surface area (Å²) in [5.41, 5.74) is 1.34. The maximum Gasteiger partial charge on any atom is 0.290 e. The minimum Gasteiger partial charge on any atom is -0.450 e. The molecule has 2 heterocycles. The number of non-ortho nitro benzene ring substituents is 1. The van der Waals surface area contributed by atoms with Crippen molar-refractivity contribution in [2.75, 3.05) is 13.2 Å². The number of benzene rings is 2. The van der Waals surface area contributed by atoms with E-state index in [0.29, 0.717) is 23.0 Å². The van der Waals surface area contributed by atoms with Crippen LogP contribution in [0.25, 0.3) is 11.0 Å². The number of fused-ring (bicyclic) bond motifs is 2. The molecular weight excluding hydrogens is 376 g/mol. The van der Waals surface area contributed by atoms with Gasteiger partial charge in [0.2, 0.25) is 5.76 Å². The van der Waals surface area contributed by atoms with Gasteiger partial charge in [-0.15, -0.1) is 0 Å². The number of aliphatic hydroxyl groups excluding tert-OH is 1. The SMILES string of the molecule is Cc1ccc2oc3c(c(=O)c2c1)C(c1cccc([N+](=O)[O-])c1)N(CCCO)C3=O. The molecule has 1 N–H and O–H groups in total. The summed E-state index contributed by atoms with van der Waals surface area (Å²) in [5.74, 6) is -0.523. The Morgan fingerprint density at radius 2 is 2.00 bits per heavy atom. The van der Waals surface area contributed by atoms with Gasteiger partial charge in [-0.1, -0.05) is 23.8 Å². The lowest BCUT2D eigenvalue weighted by Crippen LogP contribution is -2.31. The van der Waals surface area contributed by atoms with E-state index in [1.165, 1.54) is 23.1 Å². The Balaban J connectivity index is 1.98. The summed E-state index contributed by atoms with van der Waals surface area (Å²) in [4.78, 5) is 38.5. The summed E-state index contributed by atoms with van der Waals surface area (Å²) in [6.45, 7) is 1.90. The van der Waals surface area contributed by atoms with Crippen LogP contribution in [-0.4, -0.2) is 34.0 Å². The monoisotopic (exact) mass is 394 g/mol. The Hall–Kier alpha value is -3.52. The van der Waals surface area contributed by atoms with Crippen LogP contribution in [0.3, 0.4) is 0 Å². The standard InChI is InChI=1S/C21H18N2O6/c1-12-6-7-16-15(10-12)19(25)17-18(13-4-2-5-14(11-13)23(27)28)22(8-3-9-24)21(26)20(17)29-16/h2,4-7,10-11,18,24H,3,8-9H2,1H3. The highest BCUT2D eigenvalue weighted by Crippen LogP contribution is 2.39. The normalized spacial score (nSPS) is 15.7. The van der Waals surface area contributed by atoms with Crippen LogP contribution in [0, 0.1) is 17.0 Å². The van der Waals surface area contributed by atoms with E-state index in [2.05, 4.69) is 0 Å². The third-order valence-electron chi connectivity index (χ3n) is 5.08. The Morgan fingerprint density at radius 1 is 1.21 bits per heavy atom. The molecule has 29 heavy (non-hydrogen) atoms. The minimum atomic E-state index is -0.815. The summed E-state index contributed by atoms with van der Waals surface area (Å²) in [7, 11) is 0. The van der Waals surface area contributed by atoms with Crippen molar-refractivity contribution >= 4 is 22.6 Å². The highest BCUT2D eigenvalue weighted by Gasteiger charge is 2.42. The lowest BCUT2D eigenvalue weighted by molar-refractivity contribution is -0.384. The lowest BCUT2D eigenvalue weighted by Gasteiger charge is -2.24. The highest BCUT2D eigenvalue weighted by molar-refractivity contribution is 5.99. The minimum absolute atomic E-state index is 0.0548. The number of amides is 1. The fraction of sp³-hybridized carbons (Fsp3) is 0.238. The smallest absolute Gasteiger partial charge is 0.290 e. The molecule has 148 valence electrons. The van der Waals surface area contributed by atoms with Crippen LogP contribution in [-0.2, 0) is 0 Å². The van der Waals surface area contributed by atoms with Crippen LogP contribution in [0.2, 0.25) is 0 Å². The predicted octanol–water partition coefficient (Wildman–Crippen LogP) is 2.94. The molecule has 1 unspecified atom stereocenters. The summed E-state index contributed by atoms with van der Waals surface area (Å²) < 4.78 is 5.80. The van der Waals surface area contributed by atoms with Crippen LogP contribution in [0.15, 0.2) is 51.7 Å². The van der Waals surface area contributed by atoms with E-state index >= 15 is 0 Å². The second kappa shape index (κ2) is 7.14. The van der Waals surface area contributed by atoms with Crippen LogP contribution in [0.1, 0.15) is 39.7 Å². The van der Waals surface area contributed by atoms with Gasteiger partial charge in [-0.05, 0) is 31.0 Å². The second-order valence-electron chi connectivity index (χ2n) is 7.00. The molecule has 8 nitrogen and oxygen atoms in total. The molecule has 1 aliphatic heterocycles. The van der Waals surface area contributed by atoms with Crippen LogP contribution in [0.5, 0.6) is 0 Å². The third kappa shape index (κ3) is 3.07. The van der Waals surface area contributed by atoms with Crippen molar-refractivity contribution in [2.24, 2.45) is 0 Å². The van der Waals surface area contributed by atoms with Gasteiger partial charge >= 0.3 is 0 Å². The first-order valence-electron chi connectivity index (χ1n) is 9.16. The van der Waals surface area contributed by atoms with Gasteiger partial charge in [-0.25, -0.2) is 0 Å². The zero-order valence-corrected chi connectivity index (χ0v) is 15.6. The lowest BCUT2D eigenvalue weighted by atomic mass is 9.97. The molecular formula is C21H18N2O6. The van der Waals surface area contributed by atoms with Crippen molar-refractivity contribution in [1.82, 2.24) is 4.90 Å². The summed E-state index contributed by atoms with van der Waals surface area (Å²) >= 11 is 0. The van der Waals surface area contributed by atoms with E-state index in [0.717, 1.165) is 5.56 Å². The molecule has 0 aliphatic carbocycles. The van der Waals surface area contributed by atoms with Gasteiger partial charge < -0.3 is 14.4 Å². The Morgan fingerprint density at radius 3 is 2.72 bits per heavy atom. The molecule has 4 rings (SSSR count). The van der Waals surface area contributed by atoms with Crippen molar-refractivity contribution in [3.05, 3.63) is 85.3 Å². The zero-order valence-electron chi connectivity index (χ0n) is 15.6. The van der Waals surface area contributed by atoms with E-state index in [1.807, 2.05) is 6.92 Å². The van der Waals surface area contributed by atoms with Gasteiger partial charge in [0.05, 0.1) is 21.9 Å². The number of carbonyl (C=O) groups is 1. The second-order valence-corrected chi connectivity index (χ2v) is 7.00. The summed E-state index contributed by atoms with van der Waals surface area (Å²) in [6.07, 6.45) is 0.304. The summed E-state index contributed by atoms with van der Waals surface area (Å²) in [5, 5.41) is 20.8. The maximum atomic E-state index is 13.3. The van der Waals surface area contributed by atoms with Gasteiger partial charge in [-0.3, -0.25) is 19.7 Å². The number of rotatable bonds is 5. The van der Waals surface area contributed by atoms with Gasteiger partial charge in [-0.2, -0.15) is 0 Å². The quantitative estimate of drug-likeness (QED) is 0.526. The predicted molar refractivity (Wildman–Crippen MR) is 105 cm³/mol. The van der Waals surface area contributed by atoms with Gasteiger partial charge in [0.15, 0.2) is 5.43 Å². The third-order valence-corrected chi connectivity index (χ3v) is 5.08. The molecule has 8 heteroatoms. The molecule has 0 saturated heterocycles. The topological polar surface area (TPSA) is 114 Å². The van der Waals surface area contributed by atoms with Crippen molar-refractivity contribution in [3.63, 3.8) is 0 Å². The van der Waals surface area contributed by atoms with Gasteiger partial charge in [0, 0.05) is 25.3 Å². The highest BCUT2D eigenvalue weighted by atomic mass is 16.6. The van der Waals surface area contributed by atoms with E-state index in [4.69, 9.17) is 4.42 Å². The van der Waals surface area contributed by atoms with E-state index in [-0.39, 0.29) is 35.6 Å². The molecule has 1 aliphatic rings. The molecule has 3 aromatic rings. The fourth-order valence-electron chi connectivity index (χ4n) is 3.76. The van der Waals surface area contributed by atoms with Crippen LogP contribution >= 0.6 is 0 Å². The fourth-order valence-corrected chi connectivity index (χ4v) is 3.76. The number of aliphatic hydroxyl groups is 1. The first kappa shape index (κ1) is 18.8. The van der Waals surface area contributed by atoms with Crippen molar-refractivity contribution in [3.8, 4) is 0 Å². The number of nitro groups is 1. The van der Waals surface area contributed by atoms with Gasteiger partial charge in [0.25, 0.3) is 11.6 Å². The molecule has 0 spiro atoms. The average Bonchev–Trinajstić information content (AvgIpc) is 2.99. The number of nitro benzene ring substituents is 1. The number of aryl methyl sites for hydroxylation is 1. The van der Waals surface area contributed by atoms with E-state index in [1.54, 1.807) is 24.3 Å². The first-order valence-corrected chi connectivity index (χ1v) is 9.16. The zero-order chi connectivity index (χ0) is 20.7. The van der Waals surface area contributed by atoms with Gasteiger partial charge in [0.1, 0.15) is 5.58 Å². The molecule has 0 fully saturated rings. The van der Waals surface area contributed by atoms with Crippen LogP contribution < -0.4 is 5.43 Å². The molecule has 0 radical (unpaired) electrons. The molecule has 2 aromatic carbocycles. The van der Waals surface area contributed by atoms with E-state index in [9.17, 15) is 24.8 Å². The molecule has 0 bridgehead atoms. The summed E-state index contributed by atoms with van der Waals surface area (Å²) in [6, 6.07) is 10.2. The molecule has 1 atom stereocenters. The number of hydrogen-bond donors (Lipinski definition) is 1. The largest absolute Gasteiger partial charge is 0.450 e.